The van der Waals surface area contributed by atoms with Crippen LogP contribution in [0.2, 0.25) is 54.4 Å². The molecule has 1 unspecified atom stereocenters. The Balaban J connectivity index is 1.40. The second-order valence-corrected chi connectivity index (χ2v) is 43.6. The molecule has 4 aromatic carbocycles. The van der Waals surface area contributed by atoms with Gasteiger partial charge in [0.25, 0.3) is 0 Å². The van der Waals surface area contributed by atoms with Crippen molar-refractivity contribution in [3.8, 4) is 5.75 Å². The van der Waals surface area contributed by atoms with Crippen molar-refractivity contribution >= 4 is 25.0 Å². The molecule has 0 spiro atoms. The van der Waals surface area contributed by atoms with E-state index < -0.39 is 42.9 Å². The minimum absolute atomic E-state index is 0.00532. The summed E-state index contributed by atoms with van der Waals surface area (Å²) in [5.74, 6) is 1.73. The fourth-order valence-corrected chi connectivity index (χ4v) is 15.1. The molecule has 1 fully saturated rings. The molecule has 1 aliphatic rings. The molecule has 0 bridgehead atoms. The summed E-state index contributed by atoms with van der Waals surface area (Å²) in [4.78, 5) is 0. The van der Waals surface area contributed by atoms with Crippen LogP contribution >= 0.6 is 0 Å². The van der Waals surface area contributed by atoms with Gasteiger partial charge in [-0.05, 0) is 126 Å². The van der Waals surface area contributed by atoms with E-state index in [1.165, 1.54) is 0 Å². The molecule has 1 aliphatic heterocycles. The van der Waals surface area contributed by atoms with Gasteiger partial charge >= 0.3 is 0 Å². The molecule has 0 aromatic heterocycles. The molecule has 1 saturated heterocycles. The number of aliphatic hydroxyl groups is 1. The zero-order valence-electron chi connectivity index (χ0n) is 55.8. The molecular weight excluding hydrogens is 1080 g/mol. The molecule has 0 aliphatic carbocycles. The molecule has 0 amide bonds. The Hall–Kier alpha value is -3.47. The molecule has 12 atom stereocenters. The Morgan fingerprint density at radius 2 is 1.07 bits per heavy atom. The molecule has 5 rings (SSSR count). The smallest absolute Gasteiger partial charge is 0.192 e. The molecule has 0 saturated carbocycles. The van der Waals surface area contributed by atoms with Crippen molar-refractivity contribution in [1.29, 1.82) is 0 Å². The highest BCUT2D eigenvalue weighted by atomic mass is 28.4. The van der Waals surface area contributed by atoms with Crippen LogP contribution in [0.25, 0.3) is 0 Å². The Kier molecular flexibility index (Phi) is 25.4. The van der Waals surface area contributed by atoms with Gasteiger partial charge < -0.3 is 37.3 Å². The van der Waals surface area contributed by atoms with Gasteiger partial charge in [0.05, 0.1) is 50.8 Å². The van der Waals surface area contributed by atoms with Gasteiger partial charge in [0, 0.05) is 23.8 Å². The first-order valence-electron chi connectivity index (χ1n) is 31.4. The van der Waals surface area contributed by atoms with Crippen LogP contribution in [-0.4, -0.2) is 80.9 Å². The fourth-order valence-electron chi connectivity index (χ4n) is 10.9. The molecule has 4 aromatic rings. The first-order chi connectivity index (χ1) is 38.6. The molecule has 8 nitrogen and oxygen atoms in total. The number of hydrogen-bond acceptors (Lipinski definition) is 8. The van der Waals surface area contributed by atoms with E-state index in [2.05, 4.69) is 258 Å². The number of methoxy groups -OCH3 is 1. The highest BCUT2D eigenvalue weighted by Crippen LogP contribution is 2.45. The lowest BCUT2D eigenvalue weighted by Gasteiger charge is -2.44. The molecular formula is C72H114O8Si3. The van der Waals surface area contributed by atoms with Crippen LogP contribution in [0.1, 0.15) is 158 Å². The van der Waals surface area contributed by atoms with Crippen molar-refractivity contribution in [3.05, 3.63) is 162 Å². The summed E-state index contributed by atoms with van der Waals surface area (Å²) in [6, 6.07) is 39.7. The highest BCUT2D eigenvalue weighted by molar-refractivity contribution is 6.75. The quantitative estimate of drug-likeness (QED) is 0.0327. The molecule has 462 valence electrons. The molecule has 83 heavy (non-hydrogen) atoms. The lowest BCUT2D eigenvalue weighted by atomic mass is 9.80. The van der Waals surface area contributed by atoms with Crippen LogP contribution in [0.3, 0.4) is 0 Å². The van der Waals surface area contributed by atoms with E-state index in [9.17, 15) is 5.11 Å². The molecule has 0 radical (unpaired) electrons. The average molecular weight is 1190 g/mol. The van der Waals surface area contributed by atoms with Crippen LogP contribution in [0, 0.1) is 35.5 Å². The van der Waals surface area contributed by atoms with Crippen molar-refractivity contribution < 1.29 is 37.3 Å². The van der Waals surface area contributed by atoms with Gasteiger partial charge in [-0.25, -0.2) is 0 Å². The van der Waals surface area contributed by atoms with E-state index in [-0.39, 0.29) is 69.1 Å². The number of hydrogen-bond donors (Lipinski definition) is 1. The molecule has 1 heterocycles. The van der Waals surface area contributed by atoms with E-state index in [1.54, 1.807) is 7.11 Å². The summed E-state index contributed by atoms with van der Waals surface area (Å²) in [5, 5.41) is 11.9. The summed E-state index contributed by atoms with van der Waals surface area (Å²) in [6.07, 6.45) is 11.3. The van der Waals surface area contributed by atoms with Gasteiger partial charge in [0.2, 0.25) is 0 Å². The zero-order chi connectivity index (χ0) is 61.8. The minimum Gasteiger partial charge on any atom is -0.497 e. The predicted octanol–water partition coefficient (Wildman–Crippen LogP) is 19.1. The van der Waals surface area contributed by atoms with Gasteiger partial charge in [0.15, 0.2) is 31.2 Å². The van der Waals surface area contributed by atoms with Crippen LogP contribution in [0.4, 0.5) is 0 Å². The first-order valence-corrected chi connectivity index (χ1v) is 40.1. The largest absolute Gasteiger partial charge is 0.497 e. The lowest BCUT2D eigenvalue weighted by molar-refractivity contribution is -0.256. The van der Waals surface area contributed by atoms with E-state index >= 15 is 0 Å². The summed E-state index contributed by atoms with van der Waals surface area (Å²) < 4.78 is 48.0. The van der Waals surface area contributed by atoms with Crippen molar-refractivity contribution in [2.45, 2.75) is 226 Å². The summed E-state index contributed by atoms with van der Waals surface area (Å²) in [6.45, 7) is 50.0. The van der Waals surface area contributed by atoms with Crippen molar-refractivity contribution in [3.63, 3.8) is 0 Å². The van der Waals surface area contributed by atoms with Gasteiger partial charge in [-0.3, -0.25) is 0 Å². The SMILES string of the molecule is COc1ccc(C2OC[C@H](C)[C@@H]([C@@H](C)[C@H](O)CC[C@H](C)C[C@H](C)[C@@H](O[Si](C)(C)C(C)(C)C)[C@@H](C)/C=C\[C@H](C[C@H](O[Si](C)(C)C(C)(C)C)[C@H](C)/C=C/COC(c3ccccc3)(c3ccccc3)c3ccccc3)O[Si](C)(C)C(C)(C)C)O2)cc1. The Morgan fingerprint density at radius 1 is 0.590 bits per heavy atom. The Morgan fingerprint density at radius 3 is 1.55 bits per heavy atom. The standard InChI is InChI=1S/C72H114O8Si3/c1-52(40-47-64(73)57(6)67-56(5)51-75-68(77-67)58-42-45-62(74-16)46-43-58)49-55(4)66(80-83(21,22)71(13,14)15)54(3)41-44-63(78-81(17,18)69(7,8)9)50-65(79-82(19,20)70(10,11)12)53(2)33-32-48-76-72(59-34-26-23-27-35-59,60-36-28-24-29-37-60)61-38-30-25-31-39-61/h23-39,41-46,52-57,63-68,73H,40,47-51H2,1-22H3/b33-32+,44-41-/t52-,53+,54-,55-,56-,57-,63+,64+,65-,66-,67-,68?/m0/s1. The number of rotatable bonds is 29. The van der Waals surface area contributed by atoms with Gasteiger partial charge in [-0.1, -0.05) is 231 Å². The lowest BCUT2D eigenvalue weighted by Crippen LogP contribution is -2.48. The molecule has 11 heteroatoms. The monoisotopic (exact) mass is 1190 g/mol. The fraction of sp³-hybridized carbons (Fsp3) is 0.611. The van der Waals surface area contributed by atoms with Crippen LogP contribution in [0.5, 0.6) is 5.75 Å². The second-order valence-electron chi connectivity index (χ2n) is 29.4. The van der Waals surface area contributed by atoms with Crippen LogP contribution < -0.4 is 4.74 Å². The van der Waals surface area contributed by atoms with Crippen molar-refractivity contribution in [1.82, 2.24) is 0 Å². The van der Waals surface area contributed by atoms with E-state index in [1.807, 2.05) is 24.3 Å². The van der Waals surface area contributed by atoms with Gasteiger partial charge in [-0.2, -0.15) is 0 Å². The third-order valence-corrected chi connectivity index (χ3v) is 33.0. The van der Waals surface area contributed by atoms with E-state index in [4.69, 9.17) is 32.2 Å². The highest BCUT2D eigenvalue weighted by Gasteiger charge is 2.45. The second kappa shape index (κ2) is 30.0. The predicted molar refractivity (Wildman–Crippen MR) is 356 cm³/mol. The summed E-state index contributed by atoms with van der Waals surface area (Å²) >= 11 is 0. The number of benzene rings is 4. The third-order valence-electron chi connectivity index (χ3n) is 19.5. The normalized spacial score (nSPS) is 20.6. The van der Waals surface area contributed by atoms with Crippen LogP contribution in [-0.2, 0) is 33.1 Å². The number of aliphatic hydroxyl groups excluding tert-OH is 1. The van der Waals surface area contributed by atoms with E-state index in [0.717, 1.165) is 47.3 Å². The Labute approximate surface area is 509 Å². The van der Waals surface area contributed by atoms with Gasteiger partial charge in [0.1, 0.15) is 11.4 Å². The van der Waals surface area contributed by atoms with Crippen LogP contribution in [0.15, 0.2) is 140 Å². The summed E-state index contributed by atoms with van der Waals surface area (Å²) in [7, 11) is -5.09. The third kappa shape index (κ3) is 19.0. The minimum atomic E-state index is -2.28. The van der Waals surface area contributed by atoms with Crippen molar-refractivity contribution in [2.75, 3.05) is 20.3 Å². The summed E-state index contributed by atoms with van der Waals surface area (Å²) in [5.41, 5.74) is 3.40. The molecule has 1 N–H and O–H groups in total. The van der Waals surface area contributed by atoms with Crippen molar-refractivity contribution in [2.24, 2.45) is 35.5 Å². The first kappa shape index (κ1) is 70.3. The van der Waals surface area contributed by atoms with E-state index in [0.29, 0.717) is 25.6 Å². The van der Waals surface area contributed by atoms with Gasteiger partial charge in [-0.15, -0.1) is 0 Å². The maximum Gasteiger partial charge on any atom is 0.192 e. The zero-order valence-corrected chi connectivity index (χ0v) is 58.8. The maximum absolute atomic E-state index is 11.8. The number of ether oxygens (including phenoxy) is 4. The Bertz CT molecular complexity index is 2470. The maximum atomic E-state index is 11.8. The average Bonchev–Trinajstić information content (AvgIpc) is 3.48. The topological polar surface area (TPSA) is 84.8 Å².